The number of carboxylic acids is 2. The highest BCUT2D eigenvalue weighted by Gasteiger charge is 2.10. The Bertz CT molecular complexity index is 1280. The monoisotopic (exact) mass is 498 g/mol. The van der Waals surface area contributed by atoms with Crippen LogP contribution in [0.1, 0.15) is 24.8 Å². The van der Waals surface area contributed by atoms with E-state index in [1.165, 1.54) is 17.2 Å². The van der Waals surface area contributed by atoms with E-state index in [4.69, 9.17) is 19.4 Å². The third-order valence-electron chi connectivity index (χ3n) is 5.17. The summed E-state index contributed by atoms with van der Waals surface area (Å²) in [6.07, 6.45) is 3.80. The lowest BCUT2D eigenvalue weighted by molar-refractivity contribution is -0.134. The van der Waals surface area contributed by atoms with E-state index in [-0.39, 0.29) is 11.1 Å². The molecule has 0 saturated heterocycles. The predicted molar refractivity (Wildman–Crippen MR) is 134 cm³/mol. The second-order valence-corrected chi connectivity index (χ2v) is 7.98. The number of nitrogens with zero attached hydrogens (tertiary/aromatic N) is 2. The van der Waals surface area contributed by atoms with E-state index < -0.39 is 17.7 Å². The lowest BCUT2D eigenvalue weighted by Gasteiger charge is -2.16. The molecular weight excluding hydrogens is 468 g/mol. The molecule has 0 fully saturated rings. The number of hydrogen-bond donors (Lipinski definition) is 2. The number of aliphatic carboxylic acids is 2. The van der Waals surface area contributed by atoms with E-state index in [2.05, 4.69) is 24.1 Å². The quantitative estimate of drug-likeness (QED) is 0.302. The lowest BCUT2D eigenvalue weighted by atomic mass is 10.2. The number of carboxylic acid groups (broad SMARTS) is 2. The second-order valence-electron chi connectivity index (χ2n) is 7.98. The summed E-state index contributed by atoms with van der Waals surface area (Å²) >= 11 is 0. The number of aromatic nitrogens is 1. The Morgan fingerprint density at radius 3 is 2.28 bits per heavy atom. The number of carbonyl (C=O) groups is 2. The Morgan fingerprint density at radius 2 is 1.67 bits per heavy atom. The van der Waals surface area contributed by atoms with E-state index in [1.807, 2.05) is 18.2 Å². The van der Waals surface area contributed by atoms with Gasteiger partial charge < -0.3 is 24.3 Å². The molecule has 10 heteroatoms. The van der Waals surface area contributed by atoms with Crippen molar-refractivity contribution < 1.29 is 29.0 Å². The van der Waals surface area contributed by atoms with Gasteiger partial charge >= 0.3 is 17.7 Å². The van der Waals surface area contributed by atoms with Crippen molar-refractivity contribution in [1.29, 1.82) is 0 Å². The molecule has 10 nitrogen and oxygen atoms in total. The van der Waals surface area contributed by atoms with Gasteiger partial charge in [0.15, 0.2) is 0 Å². The number of benzene rings is 2. The largest absolute Gasteiger partial charge is 0.497 e. The first-order valence-corrected chi connectivity index (χ1v) is 11.3. The Kier molecular flexibility index (Phi) is 11.1. The lowest BCUT2D eigenvalue weighted by Crippen LogP contribution is -2.32. The maximum absolute atomic E-state index is 12.6. The fraction of sp³-hybridized carbons (Fsp3) is 0.308. The molecule has 3 rings (SSSR count). The van der Waals surface area contributed by atoms with Crippen LogP contribution in [0.15, 0.2) is 74.7 Å². The molecule has 0 saturated carbocycles. The van der Waals surface area contributed by atoms with Crippen LogP contribution in [0.25, 0.3) is 11.0 Å². The summed E-state index contributed by atoms with van der Waals surface area (Å²) in [5.74, 6) is -2.56. The standard InChI is InChI=1S/C22H26N2O4.C4H4O4/c1-23(16-17-9-5-3-6-10-17)13-7-4-8-14-24-21(25)19-15-18(27-2)11-12-20(19)28-22(24)26;5-3(6)1-2-4(7)8/h3,5-6,9-12,15H,4,7-8,13-14,16H2,1-2H3;1-2H,(H,5,6)(H,7,8)/b;2-1+. The first kappa shape index (κ1) is 28.1. The highest BCUT2D eigenvalue weighted by Crippen LogP contribution is 2.16. The van der Waals surface area contributed by atoms with Crippen molar-refractivity contribution in [2.24, 2.45) is 0 Å². The molecule has 0 amide bonds. The van der Waals surface area contributed by atoms with Crippen molar-refractivity contribution in [3.63, 3.8) is 0 Å². The fourth-order valence-electron chi connectivity index (χ4n) is 3.41. The smallest absolute Gasteiger partial charge is 0.422 e. The first-order valence-electron chi connectivity index (χ1n) is 11.3. The number of hydrogen-bond acceptors (Lipinski definition) is 7. The van der Waals surface area contributed by atoms with Crippen LogP contribution in [0.5, 0.6) is 5.75 Å². The summed E-state index contributed by atoms with van der Waals surface area (Å²) in [7, 11) is 3.64. The SMILES string of the molecule is COc1ccc2oc(=O)n(CCCCCN(C)Cc3ccccc3)c(=O)c2c1.O=C(O)/C=C/C(=O)O. The van der Waals surface area contributed by atoms with Crippen LogP contribution in [-0.2, 0) is 22.7 Å². The molecule has 3 aromatic rings. The number of rotatable bonds is 11. The number of ether oxygens (including phenoxy) is 1. The van der Waals surface area contributed by atoms with E-state index in [1.54, 1.807) is 18.2 Å². The van der Waals surface area contributed by atoms with Crippen LogP contribution in [0.2, 0.25) is 0 Å². The second kappa shape index (κ2) is 14.3. The third kappa shape index (κ3) is 9.22. The minimum absolute atomic E-state index is 0.287. The molecule has 0 spiro atoms. The summed E-state index contributed by atoms with van der Waals surface area (Å²) in [5.41, 5.74) is 1.25. The summed E-state index contributed by atoms with van der Waals surface area (Å²) < 4.78 is 11.6. The van der Waals surface area contributed by atoms with Crippen LogP contribution in [-0.4, -0.2) is 52.3 Å². The summed E-state index contributed by atoms with van der Waals surface area (Å²) in [4.78, 5) is 46.2. The molecule has 192 valence electrons. The molecule has 0 aliphatic heterocycles. The zero-order chi connectivity index (χ0) is 26.5. The average Bonchev–Trinajstić information content (AvgIpc) is 2.85. The maximum Gasteiger partial charge on any atom is 0.422 e. The van der Waals surface area contributed by atoms with Crippen molar-refractivity contribution in [3.05, 3.63) is 87.2 Å². The van der Waals surface area contributed by atoms with Crippen LogP contribution >= 0.6 is 0 Å². The fourth-order valence-corrected chi connectivity index (χ4v) is 3.41. The van der Waals surface area contributed by atoms with E-state index in [0.29, 0.717) is 29.8 Å². The van der Waals surface area contributed by atoms with E-state index in [0.717, 1.165) is 32.4 Å². The molecule has 0 atom stereocenters. The topological polar surface area (TPSA) is 139 Å². The van der Waals surface area contributed by atoms with Crippen molar-refractivity contribution in [2.45, 2.75) is 32.4 Å². The Morgan fingerprint density at radius 1 is 1.00 bits per heavy atom. The molecule has 36 heavy (non-hydrogen) atoms. The summed E-state index contributed by atoms with van der Waals surface area (Å²) in [6, 6.07) is 15.2. The Balaban J connectivity index is 0.000000493. The third-order valence-corrected chi connectivity index (χ3v) is 5.17. The van der Waals surface area contributed by atoms with Gasteiger partial charge in [-0.15, -0.1) is 0 Å². The van der Waals surface area contributed by atoms with Crippen molar-refractivity contribution >= 4 is 22.9 Å². The average molecular weight is 499 g/mol. The van der Waals surface area contributed by atoms with Gasteiger partial charge in [0.05, 0.1) is 12.5 Å². The molecule has 1 heterocycles. The Labute approximate surface area is 207 Å². The van der Waals surface area contributed by atoms with Crippen LogP contribution in [0.4, 0.5) is 0 Å². The van der Waals surface area contributed by atoms with Gasteiger partial charge in [0.1, 0.15) is 11.3 Å². The van der Waals surface area contributed by atoms with E-state index in [9.17, 15) is 19.2 Å². The van der Waals surface area contributed by atoms with Gasteiger partial charge in [0, 0.05) is 25.2 Å². The minimum atomic E-state index is -1.26. The minimum Gasteiger partial charge on any atom is -0.497 e. The van der Waals surface area contributed by atoms with Gasteiger partial charge in [-0.2, -0.15) is 0 Å². The molecule has 0 aliphatic rings. The Hall–Kier alpha value is -4.18. The molecule has 0 radical (unpaired) electrons. The number of unbranched alkanes of at least 4 members (excludes halogenated alkanes) is 2. The molecule has 0 unspecified atom stereocenters. The van der Waals surface area contributed by atoms with E-state index >= 15 is 0 Å². The van der Waals surface area contributed by atoms with Crippen LogP contribution in [0, 0.1) is 0 Å². The highest BCUT2D eigenvalue weighted by molar-refractivity contribution is 5.89. The van der Waals surface area contributed by atoms with Gasteiger partial charge in [-0.1, -0.05) is 36.8 Å². The zero-order valence-corrected chi connectivity index (χ0v) is 20.3. The van der Waals surface area contributed by atoms with Crippen LogP contribution in [0.3, 0.4) is 0 Å². The van der Waals surface area contributed by atoms with Crippen molar-refractivity contribution in [2.75, 3.05) is 20.7 Å². The normalized spacial score (nSPS) is 10.9. The maximum atomic E-state index is 12.6. The van der Waals surface area contributed by atoms with Gasteiger partial charge in [0.2, 0.25) is 0 Å². The molecule has 2 aromatic carbocycles. The molecule has 0 bridgehead atoms. The predicted octanol–water partition coefficient (Wildman–Crippen LogP) is 2.98. The van der Waals surface area contributed by atoms with Gasteiger partial charge in [-0.3, -0.25) is 4.79 Å². The summed E-state index contributed by atoms with van der Waals surface area (Å²) in [5, 5.41) is 16.0. The molecular formula is C26H30N2O8. The summed E-state index contributed by atoms with van der Waals surface area (Å²) in [6.45, 7) is 2.24. The highest BCUT2D eigenvalue weighted by atomic mass is 16.5. The van der Waals surface area contributed by atoms with Crippen LogP contribution < -0.4 is 16.1 Å². The van der Waals surface area contributed by atoms with Gasteiger partial charge in [-0.25, -0.2) is 19.0 Å². The zero-order valence-electron chi connectivity index (χ0n) is 20.3. The van der Waals surface area contributed by atoms with Crippen molar-refractivity contribution in [3.8, 4) is 5.75 Å². The number of fused-ring (bicyclic) bond motifs is 1. The molecule has 2 N–H and O–H groups in total. The first-order chi connectivity index (χ1) is 17.2. The van der Waals surface area contributed by atoms with Gasteiger partial charge in [0.25, 0.3) is 5.56 Å². The molecule has 0 aliphatic carbocycles. The van der Waals surface area contributed by atoms with Gasteiger partial charge in [-0.05, 0) is 50.2 Å². The van der Waals surface area contributed by atoms with Crippen molar-refractivity contribution in [1.82, 2.24) is 9.47 Å². The number of methoxy groups -OCH3 is 1. The molecule has 1 aromatic heterocycles.